The van der Waals surface area contributed by atoms with E-state index >= 15 is 0 Å². The number of esters is 2. The summed E-state index contributed by atoms with van der Waals surface area (Å²) in [6, 6.07) is 0. The summed E-state index contributed by atoms with van der Waals surface area (Å²) in [5.74, 6) is -1.44. The molecule has 0 aromatic rings. The van der Waals surface area contributed by atoms with E-state index in [-0.39, 0.29) is 31.0 Å². The Morgan fingerprint density at radius 3 is 2.35 bits per heavy atom. The van der Waals surface area contributed by atoms with Gasteiger partial charge in [-0.2, -0.15) is 0 Å². The molecule has 0 saturated heterocycles. The third kappa shape index (κ3) is 7.49. The number of ketones is 1. The van der Waals surface area contributed by atoms with Gasteiger partial charge < -0.3 is 14.3 Å². The summed E-state index contributed by atoms with van der Waals surface area (Å²) in [6.07, 6.45) is 1.29. The highest BCUT2D eigenvalue weighted by Gasteiger charge is 2.22. The van der Waals surface area contributed by atoms with Gasteiger partial charge in [0.25, 0.3) is 0 Å². The Balaban J connectivity index is 4.11. The number of ether oxygens (including phenoxy) is 2. The molecule has 1 unspecified atom stereocenters. The van der Waals surface area contributed by atoms with Gasteiger partial charge in [-0.25, -0.2) is 0 Å². The number of methoxy groups -OCH3 is 1. The molecule has 0 aliphatic rings. The van der Waals surface area contributed by atoms with Crippen LogP contribution in [0.5, 0.6) is 0 Å². The maximum Gasteiger partial charge on any atom is 0.309 e. The van der Waals surface area contributed by atoms with Gasteiger partial charge in [-0.1, -0.05) is 6.92 Å². The molecule has 0 aliphatic heterocycles. The molecule has 0 N–H and O–H groups in total. The van der Waals surface area contributed by atoms with Crippen molar-refractivity contribution in [3.63, 3.8) is 0 Å². The number of carbonyl (C=O) groups is 3. The lowest BCUT2D eigenvalue weighted by atomic mass is 9.97. The van der Waals surface area contributed by atoms with Gasteiger partial charge in [0.1, 0.15) is 5.78 Å². The van der Waals surface area contributed by atoms with Crippen LogP contribution in [0.4, 0.5) is 0 Å². The van der Waals surface area contributed by atoms with E-state index in [9.17, 15) is 14.4 Å². The number of hydrogen-bond donors (Lipinski definition) is 0. The van der Waals surface area contributed by atoms with E-state index in [2.05, 4.69) is 4.74 Å². The van der Waals surface area contributed by atoms with Crippen molar-refractivity contribution in [3.8, 4) is 0 Å². The second-order valence-electron chi connectivity index (χ2n) is 3.89. The Bertz CT molecular complexity index is 272. The third-order valence-electron chi connectivity index (χ3n) is 2.23. The van der Waals surface area contributed by atoms with Gasteiger partial charge in [-0.05, 0) is 19.8 Å². The topological polar surface area (TPSA) is 69.7 Å². The van der Waals surface area contributed by atoms with E-state index in [1.54, 1.807) is 0 Å². The first-order chi connectivity index (χ1) is 8.01. The molecule has 0 rings (SSSR count). The molecule has 0 bridgehead atoms. The average Bonchev–Trinajstić information content (AvgIpc) is 2.30. The van der Waals surface area contributed by atoms with Crippen molar-refractivity contribution in [2.45, 2.75) is 39.5 Å². The first kappa shape index (κ1) is 15.6. The first-order valence-electron chi connectivity index (χ1n) is 5.74. The SMILES string of the molecule is CCCOC(=O)CCC(CC(C)=O)C(=O)OC. The number of Topliss-reactive ketones (excluding diaryl/α,β-unsaturated/α-hetero) is 1. The highest BCUT2D eigenvalue weighted by molar-refractivity contribution is 5.83. The lowest BCUT2D eigenvalue weighted by Gasteiger charge is -2.12. The van der Waals surface area contributed by atoms with Crippen LogP contribution in [0.1, 0.15) is 39.5 Å². The molecule has 98 valence electrons. The number of rotatable bonds is 8. The van der Waals surface area contributed by atoms with Gasteiger partial charge >= 0.3 is 11.9 Å². The molecule has 17 heavy (non-hydrogen) atoms. The average molecular weight is 244 g/mol. The van der Waals surface area contributed by atoms with Gasteiger partial charge in [0.2, 0.25) is 0 Å². The lowest BCUT2D eigenvalue weighted by molar-refractivity contribution is -0.149. The van der Waals surface area contributed by atoms with E-state index in [1.165, 1.54) is 14.0 Å². The highest BCUT2D eigenvalue weighted by atomic mass is 16.5. The first-order valence-corrected chi connectivity index (χ1v) is 5.74. The molecule has 1 atom stereocenters. The zero-order valence-corrected chi connectivity index (χ0v) is 10.7. The van der Waals surface area contributed by atoms with E-state index < -0.39 is 11.9 Å². The summed E-state index contributed by atoms with van der Waals surface area (Å²) < 4.78 is 9.47. The monoisotopic (exact) mass is 244 g/mol. The Labute approximate surface area is 101 Å². The molecule has 0 aromatic heterocycles. The van der Waals surface area contributed by atoms with Crippen molar-refractivity contribution in [2.75, 3.05) is 13.7 Å². The second-order valence-corrected chi connectivity index (χ2v) is 3.89. The van der Waals surface area contributed by atoms with Crippen molar-refractivity contribution in [2.24, 2.45) is 5.92 Å². The molecule has 0 fully saturated rings. The smallest absolute Gasteiger partial charge is 0.309 e. The predicted octanol–water partition coefficient (Wildman–Crippen LogP) is 1.49. The van der Waals surface area contributed by atoms with Crippen LogP contribution in [0.15, 0.2) is 0 Å². The van der Waals surface area contributed by atoms with Crippen molar-refractivity contribution in [3.05, 3.63) is 0 Å². The van der Waals surface area contributed by atoms with Crippen molar-refractivity contribution in [1.82, 2.24) is 0 Å². The molecule has 0 amide bonds. The molecule has 0 aromatic carbocycles. The predicted molar refractivity (Wildman–Crippen MR) is 61.3 cm³/mol. The Hall–Kier alpha value is -1.39. The quantitative estimate of drug-likeness (QED) is 0.605. The summed E-state index contributed by atoms with van der Waals surface area (Å²) in [5.41, 5.74) is 0. The van der Waals surface area contributed by atoms with Gasteiger partial charge in [0, 0.05) is 12.8 Å². The van der Waals surface area contributed by atoms with Crippen LogP contribution in [-0.4, -0.2) is 31.4 Å². The Morgan fingerprint density at radius 2 is 1.88 bits per heavy atom. The van der Waals surface area contributed by atoms with Crippen molar-refractivity contribution < 1.29 is 23.9 Å². The van der Waals surface area contributed by atoms with Gasteiger partial charge in [0.05, 0.1) is 19.6 Å². The van der Waals surface area contributed by atoms with E-state index in [0.717, 1.165) is 6.42 Å². The van der Waals surface area contributed by atoms with E-state index in [4.69, 9.17) is 4.74 Å². The van der Waals surface area contributed by atoms with Crippen LogP contribution in [0.25, 0.3) is 0 Å². The highest BCUT2D eigenvalue weighted by Crippen LogP contribution is 2.14. The van der Waals surface area contributed by atoms with Crippen LogP contribution < -0.4 is 0 Å². The Morgan fingerprint density at radius 1 is 1.24 bits per heavy atom. The minimum Gasteiger partial charge on any atom is -0.469 e. The second kappa shape index (κ2) is 8.73. The lowest BCUT2D eigenvalue weighted by Crippen LogP contribution is -2.20. The molecule has 0 spiro atoms. The van der Waals surface area contributed by atoms with Gasteiger partial charge in [-0.3, -0.25) is 9.59 Å². The number of carbonyl (C=O) groups excluding carboxylic acids is 3. The summed E-state index contributed by atoms with van der Waals surface area (Å²) in [6.45, 7) is 3.69. The fraction of sp³-hybridized carbons (Fsp3) is 0.750. The van der Waals surface area contributed by atoms with Crippen molar-refractivity contribution in [1.29, 1.82) is 0 Å². The molecule has 0 radical (unpaired) electrons. The van der Waals surface area contributed by atoms with Gasteiger partial charge in [-0.15, -0.1) is 0 Å². The molecular weight excluding hydrogens is 224 g/mol. The minimum atomic E-state index is -0.549. The molecular formula is C12H20O5. The molecule has 0 saturated carbocycles. The fourth-order valence-corrected chi connectivity index (χ4v) is 1.40. The van der Waals surface area contributed by atoms with Crippen molar-refractivity contribution >= 4 is 17.7 Å². The largest absolute Gasteiger partial charge is 0.469 e. The summed E-state index contributed by atoms with van der Waals surface area (Å²) in [5, 5.41) is 0. The maximum atomic E-state index is 11.3. The molecule has 5 nitrogen and oxygen atoms in total. The molecule has 0 aliphatic carbocycles. The summed E-state index contributed by atoms with van der Waals surface area (Å²) in [4.78, 5) is 33.6. The van der Waals surface area contributed by atoms with Crippen LogP contribution in [-0.2, 0) is 23.9 Å². The van der Waals surface area contributed by atoms with Crippen LogP contribution in [0.2, 0.25) is 0 Å². The van der Waals surface area contributed by atoms with E-state index in [0.29, 0.717) is 6.61 Å². The van der Waals surface area contributed by atoms with Gasteiger partial charge in [0.15, 0.2) is 0 Å². The third-order valence-corrected chi connectivity index (χ3v) is 2.23. The van der Waals surface area contributed by atoms with Crippen LogP contribution in [0, 0.1) is 5.92 Å². The zero-order valence-electron chi connectivity index (χ0n) is 10.7. The summed E-state index contributed by atoms with van der Waals surface area (Å²) in [7, 11) is 1.27. The molecule has 0 heterocycles. The summed E-state index contributed by atoms with van der Waals surface area (Å²) >= 11 is 0. The normalized spacial score (nSPS) is 11.7. The Kier molecular flexibility index (Phi) is 8.01. The maximum absolute atomic E-state index is 11.3. The standard InChI is InChI=1S/C12H20O5/c1-4-7-17-11(14)6-5-10(8-9(2)13)12(15)16-3/h10H,4-8H2,1-3H3. The fourth-order valence-electron chi connectivity index (χ4n) is 1.40. The number of hydrogen-bond acceptors (Lipinski definition) is 5. The van der Waals surface area contributed by atoms with E-state index in [1.807, 2.05) is 6.92 Å². The zero-order chi connectivity index (χ0) is 13.3. The van der Waals surface area contributed by atoms with Crippen LogP contribution >= 0.6 is 0 Å². The molecule has 5 heteroatoms. The minimum absolute atomic E-state index is 0.0951. The van der Waals surface area contributed by atoms with Crippen LogP contribution in [0.3, 0.4) is 0 Å².